The summed E-state index contributed by atoms with van der Waals surface area (Å²) in [6.07, 6.45) is 0.135. The molecule has 0 aliphatic rings. The first kappa shape index (κ1) is 27.7. The molecule has 8 heteroatoms. The van der Waals surface area contributed by atoms with E-state index in [2.05, 4.69) is 15.2 Å². The highest BCUT2D eigenvalue weighted by Gasteiger charge is 2.12. The smallest absolute Gasteiger partial charge is 0.228 e. The normalized spacial score (nSPS) is 11.1. The Labute approximate surface area is 238 Å². The third kappa shape index (κ3) is 6.50. The third-order valence-electron chi connectivity index (χ3n) is 6.96. The van der Waals surface area contributed by atoms with Gasteiger partial charge in [0.15, 0.2) is 16.9 Å². The lowest BCUT2D eigenvalue weighted by molar-refractivity contribution is -0.115. The molecule has 0 atom stereocenters. The summed E-state index contributed by atoms with van der Waals surface area (Å²) in [5, 5.41) is 4.15. The Morgan fingerprint density at radius 3 is 2.41 bits per heavy atom. The van der Waals surface area contributed by atoms with Crippen molar-refractivity contribution >= 4 is 33.4 Å². The fourth-order valence-corrected chi connectivity index (χ4v) is 4.86. The maximum atomic E-state index is 12.9. The first-order valence-corrected chi connectivity index (χ1v) is 13.4. The molecule has 0 saturated carbocycles. The molecule has 0 aliphatic carbocycles. The van der Waals surface area contributed by atoms with Gasteiger partial charge in [-0.2, -0.15) is 0 Å². The van der Waals surface area contributed by atoms with Crippen LogP contribution in [0.15, 0.2) is 89.7 Å². The van der Waals surface area contributed by atoms with Gasteiger partial charge < -0.3 is 24.5 Å². The second-order valence-electron chi connectivity index (χ2n) is 9.86. The van der Waals surface area contributed by atoms with Crippen LogP contribution in [0.5, 0.6) is 17.2 Å². The van der Waals surface area contributed by atoms with Gasteiger partial charge >= 0.3 is 0 Å². The number of hydrogen-bond acceptors (Lipinski definition) is 6. The zero-order chi connectivity index (χ0) is 28.8. The number of aromatic amines is 1. The number of rotatable bonds is 11. The molecule has 0 unspecified atom stereocenters. The van der Waals surface area contributed by atoms with E-state index in [0.717, 1.165) is 35.5 Å². The highest BCUT2D eigenvalue weighted by molar-refractivity contribution is 5.98. The number of likely N-dealkylation sites (N-methyl/N-ethyl adjacent to an activating group) is 1. The first-order valence-electron chi connectivity index (χ1n) is 13.4. The number of fused-ring (bicyclic) bond motifs is 2. The molecule has 5 rings (SSSR count). The fourth-order valence-electron chi connectivity index (χ4n) is 4.86. The number of hydrogen-bond donors (Lipinski definition) is 2. The zero-order valence-electron chi connectivity index (χ0n) is 23.4. The van der Waals surface area contributed by atoms with Crippen molar-refractivity contribution in [1.29, 1.82) is 0 Å². The van der Waals surface area contributed by atoms with Crippen molar-refractivity contribution in [3.8, 4) is 17.2 Å². The van der Waals surface area contributed by atoms with Crippen molar-refractivity contribution in [3.63, 3.8) is 0 Å². The summed E-state index contributed by atoms with van der Waals surface area (Å²) in [7, 11) is 5.29. The maximum absolute atomic E-state index is 12.9. The number of benzene rings is 4. The van der Waals surface area contributed by atoms with Crippen molar-refractivity contribution in [2.45, 2.75) is 13.0 Å². The predicted octanol–water partition coefficient (Wildman–Crippen LogP) is 5.39. The van der Waals surface area contributed by atoms with E-state index in [9.17, 15) is 9.59 Å². The molecule has 0 aliphatic heterocycles. The number of amides is 1. The first-order chi connectivity index (χ1) is 19.9. The number of methoxy groups -OCH3 is 2. The highest BCUT2D eigenvalue weighted by atomic mass is 16.5. The van der Waals surface area contributed by atoms with Crippen molar-refractivity contribution in [1.82, 2.24) is 9.88 Å². The van der Waals surface area contributed by atoms with Crippen LogP contribution < -0.4 is 25.0 Å². The number of anilines is 1. The Bertz CT molecular complexity index is 1730. The second-order valence-corrected chi connectivity index (χ2v) is 9.86. The van der Waals surface area contributed by atoms with Crippen molar-refractivity contribution in [3.05, 3.63) is 106 Å². The van der Waals surface area contributed by atoms with E-state index in [0.29, 0.717) is 40.1 Å². The molecular formula is C33H33N3O5. The van der Waals surface area contributed by atoms with Crippen molar-refractivity contribution in [2.75, 3.05) is 39.7 Å². The van der Waals surface area contributed by atoms with Crippen molar-refractivity contribution in [2.24, 2.45) is 0 Å². The molecule has 1 amide bonds. The number of aromatic nitrogens is 1. The summed E-state index contributed by atoms with van der Waals surface area (Å²) in [6.45, 7) is 1.99. The summed E-state index contributed by atoms with van der Waals surface area (Å²) >= 11 is 0. The number of nitrogens with one attached hydrogen (secondary N) is 2. The van der Waals surface area contributed by atoms with E-state index in [1.165, 1.54) is 0 Å². The van der Waals surface area contributed by atoms with Crippen LogP contribution in [-0.2, 0) is 17.8 Å². The van der Waals surface area contributed by atoms with Gasteiger partial charge in [0.25, 0.3) is 0 Å². The number of nitrogens with zero attached hydrogens (tertiary/aromatic N) is 1. The minimum atomic E-state index is -0.169. The Morgan fingerprint density at radius 1 is 0.878 bits per heavy atom. The van der Waals surface area contributed by atoms with Crippen LogP contribution in [0.4, 0.5) is 5.69 Å². The lowest BCUT2D eigenvalue weighted by atomic mass is 10.0. The van der Waals surface area contributed by atoms with Crippen molar-refractivity contribution < 1.29 is 19.0 Å². The minimum Gasteiger partial charge on any atom is -0.493 e. The monoisotopic (exact) mass is 551 g/mol. The number of para-hydroxylation sites is 2. The van der Waals surface area contributed by atoms with Crippen LogP contribution in [0.3, 0.4) is 0 Å². The van der Waals surface area contributed by atoms with Crippen LogP contribution in [0.25, 0.3) is 21.8 Å². The fraction of sp³-hybridized carbons (Fsp3) is 0.212. The van der Waals surface area contributed by atoms with Gasteiger partial charge in [0.1, 0.15) is 12.4 Å². The van der Waals surface area contributed by atoms with E-state index >= 15 is 0 Å². The molecule has 0 fully saturated rings. The summed E-state index contributed by atoms with van der Waals surface area (Å²) in [5.74, 6) is 1.97. The maximum Gasteiger partial charge on any atom is 0.228 e. The quantitative estimate of drug-likeness (QED) is 0.214. The van der Waals surface area contributed by atoms with E-state index in [1.54, 1.807) is 26.4 Å². The topological polar surface area (TPSA) is 92.9 Å². The number of carbonyl (C=O) groups is 1. The van der Waals surface area contributed by atoms with Crippen LogP contribution in [0, 0.1) is 0 Å². The molecular weight excluding hydrogens is 518 g/mol. The van der Waals surface area contributed by atoms with Gasteiger partial charge in [0.05, 0.1) is 26.2 Å². The van der Waals surface area contributed by atoms with Gasteiger partial charge in [-0.05, 0) is 72.8 Å². The lowest BCUT2D eigenvalue weighted by Crippen LogP contribution is -2.23. The average Bonchev–Trinajstić information content (AvgIpc) is 2.98. The minimum absolute atomic E-state index is 0.0423. The standard InChI is InChI=1S/C33H33N3O5/c1-36(21-22-11-16-29(39-2)30(19-22)40-3)17-18-41-25-14-12-24(13-15-25)34-31(37)20-23-7-6-9-27-32(23)35-28-10-5-4-8-26(28)33(27)38/h4-16,19H,17-18,20-21H2,1-3H3,(H,34,37)(H,35,38). The summed E-state index contributed by atoms with van der Waals surface area (Å²) in [4.78, 5) is 31.3. The molecule has 8 nitrogen and oxygen atoms in total. The summed E-state index contributed by atoms with van der Waals surface area (Å²) in [6, 6.07) is 26.1. The number of H-pyrrole nitrogens is 1. The molecule has 4 aromatic carbocycles. The third-order valence-corrected chi connectivity index (χ3v) is 6.96. The SMILES string of the molecule is COc1ccc(CN(C)CCOc2ccc(NC(=O)Cc3cccc4c(=O)c5ccccc5[nH]c34)cc2)cc1OC. The highest BCUT2D eigenvalue weighted by Crippen LogP contribution is 2.28. The summed E-state index contributed by atoms with van der Waals surface area (Å²) < 4.78 is 16.6. The van der Waals surface area contributed by atoms with Gasteiger partial charge in [-0.25, -0.2) is 0 Å². The van der Waals surface area contributed by atoms with Crippen LogP contribution in [-0.4, -0.2) is 50.2 Å². The Balaban J connectivity index is 1.14. The molecule has 5 aromatic rings. The van der Waals surface area contributed by atoms with Gasteiger partial charge in [-0.1, -0.05) is 30.3 Å². The molecule has 0 spiro atoms. The molecule has 0 radical (unpaired) electrons. The van der Waals surface area contributed by atoms with Gasteiger partial charge in [0.2, 0.25) is 5.91 Å². The molecule has 0 saturated heterocycles. The Hall–Kier alpha value is -4.82. The van der Waals surface area contributed by atoms with Gasteiger partial charge in [-0.15, -0.1) is 0 Å². The Kier molecular flexibility index (Phi) is 8.50. The number of carbonyl (C=O) groups excluding carboxylic acids is 1. The van der Waals surface area contributed by atoms with E-state index in [-0.39, 0.29) is 17.8 Å². The molecule has 1 heterocycles. The number of pyridine rings is 1. The molecule has 210 valence electrons. The summed E-state index contributed by atoms with van der Waals surface area (Å²) in [5.41, 5.74) is 3.95. The lowest BCUT2D eigenvalue weighted by Gasteiger charge is -2.18. The second kappa shape index (κ2) is 12.6. The van der Waals surface area contributed by atoms with E-state index < -0.39 is 0 Å². The van der Waals surface area contributed by atoms with Gasteiger partial charge in [0, 0.05) is 35.1 Å². The molecule has 41 heavy (non-hydrogen) atoms. The van der Waals surface area contributed by atoms with Gasteiger partial charge in [-0.3, -0.25) is 14.5 Å². The Morgan fingerprint density at radius 2 is 1.63 bits per heavy atom. The van der Waals surface area contributed by atoms with E-state index in [4.69, 9.17) is 14.2 Å². The largest absolute Gasteiger partial charge is 0.493 e. The number of ether oxygens (including phenoxy) is 3. The average molecular weight is 552 g/mol. The van der Waals surface area contributed by atoms with Crippen LogP contribution >= 0.6 is 0 Å². The molecule has 0 bridgehead atoms. The zero-order valence-corrected chi connectivity index (χ0v) is 23.4. The van der Waals surface area contributed by atoms with E-state index in [1.807, 2.05) is 79.8 Å². The molecule has 1 aromatic heterocycles. The molecule has 2 N–H and O–H groups in total. The predicted molar refractivity (Wildman–Crippen MR) is 162 cm³/mol. The van der Waals surface area contributed by atoms with Crippen LogP contribution in [0.1, 0.15) is 11.1 Å². The van der Waals surface area contributed by atoms with Crippen LogP contribution in [0.2, 0.25) is 0 Å².